The number of aryl methyl sites for hydroxylation is 1. The smallest absolute Gasteiger partial charge is 0.305 e. The summed E-state index contributed by atoms with van der Waals surface area (Å²) in [5.74, 6) is 0.170. The molecule has 0 heterocycles. The number of methoxy groups -OCH3 is 1. The summed E-state index contributed by atoms with van der Waals surface area (Å²) in [5.41, 5.74) is 1.24. The minimum Gasteiger partial charge on any atom is -0.508 e. The first kappa shape index (κ1) is 14.0. The first-order chi connectivity index (χ1) is 8.58. The molecule has 2 aromatic carbocycles. The molecule has 0 aliphatic heterocycles. The monoisotopic (exact) mass is 246 g/mol. The lowest BCUT2D eigenvalue weighted by Crippen LogP contribution is -1.94. The standard InChI is InChI=1S/C11H10O.C4H8O2/c1-8-3-2-4-9-7-10(12)5-6-11(8)9;1-3-4(5)6-2/h2-7,12H,1H3;3H2,1-2H3. The van der Waals surface area contributed by atoms with Gasteiger partial charge >= 0.3 is 5.97 Å². The molecule has 0 aliphatic rings. The van der Waals surface area contributed by atoms with Crippen molar-refractivity contribution in [3.8, 4) is 5.75 Å². The number of carbonyl (C=O) groups is 1. The zero-order valence-electron chi connectivity index (χ0n) is 10.9. The van der Waals surface area contributed by atoms with Gasteiger partial charge in [0.15, 0.2) is 0 Å². The topological polar surface area (TPSA) is 46.5 Å². The molecule has 0 amide bonds. The molecule has 0 unspecified atom stereocenters. The predicted molar refractivity (Wildman–Crippen MR) is 72.7 cm³/mol. The van der Waals surface area contributed by atoms with Gasteiger partial charge < -0.3 is 9.84 Å². The molecule has 2 rings (SSSR count). The van der Waals surface area contributed by atoms with Crippen LogP contribution < -0.4 is 0 Å². The average Bonchev–Trinajstić information content (AvgIpc) is 2.38. The van der Waals surface area contributed by atoms with Crippen LogP contribution in [0.2, 0.25) is 0 Å². The lowest BCUT2D eigenvalue weighted by molar-refractivity contribution is -0.140. The molecular formula is C15H18O3. The normalized spacial score (nSPS) is 9.50. The molecule has 3 nitrogen and oxygen atoms in total. The van der Waals surface area contributed by atoms with Crippen LogP contribution in [0.4, 0.5) is 0 Å². The number of hydrogen-bond donors (Lipinski definition) is 1. The maximum Gasteiger partial charge on any atom is 0.305 e. The number of phenols is 1. The van der Waals surface area contributed by atoms with Gasteiger partial charge in [0, 0.05) is 6.42 Å². The highest BCUT2D eigenvalue weighted by molar-refractivity contribution is 5.86. The van der Waals surface area contributed by atoms with E-state index in [1.165, 1.54) is 18.1 Å². The van der Waals surface area contributed by atoms with Crippen LogP contribution in [0.5, 0.6) is 5.75 Å². The number of carbonyl (C=O) groups excluding carboxylic acids is 1. The first-order valence-corrected chi connectivity index (χ1v) is 5.83. The number of ether oxygens (including phenoxy) is 1. The van der Waals surface area contributed by atoms with Crippen molar-refractivity contribution in [2.45, 2.75) is 20.3 Å². The van der Waals surface area contributed by atoms with Crippen molar-refractivity contribution in [2.75, 3.05) is 7.11 Å². The van der Waals surface area contributed by atoms with Gasteiger partial charge in [-0.1, -0.05) is 31.2 Å². The molecule has 0 saturated heterocycles. The lowest BCUT2D eigenvalue weighted by atomic mass is 10.1. The van der Waals surface area contributed by atoms with Crippen molar-refractivity contribution in [3.05, 3.63) is 42.0 Å². The van der Waals surface area contributed by atoms with Crippen LogP contribution in [0.1, 0.15) is 18.9 Å². The van der Waals surface area contributed by atoms with Crippen molar-refractivity contribution < 1.29 is 14.6 Å². The fourth-order valence-corrected chi connectivity index (χ4v) is 1.58. The molecule has 0 aliphatic carbocycles. The van der Waals surface area contributed by atoms with E-state index in [0.717, 1.165) is 5.39 Å². The van der Waals surface area contributed by atoms with Gasteiger partial charge in [0.25, 0.3) is 0 Å². The molecule has 0 saturated carbocycles. The summed E-state index contributed by atoms with van der Waals surface area (Å²) in [4.78, 5) is 9.96. The van der Waals surface area contributed by atoms with E-state index in [9.17, 15) is 9.90 Å². The second-order valence-electron chi connectivity index (χ2n) is 3.91. The highest BCUT2D eigenvalue weighted by Crippen LogP contribution is 2.22. The Balaban J connectivity index is 0.000000232. The molecule has 0 aromatic heterocycles. The van der Waals surface area contributed by atoms with Crippen molar-refractivity contribution in [1.29, 1.82) is 0 Å². The average molecular weight is 246 g/mol. The van der Waals surface area contributed by atoms with E-state index in [1.807, 2.05) is 18.2 Å². The van der Waals surface area contributed by atoms with Gasteiger partial charge in [0.1, 0.15) is 5.75 Å². The Morgan fingerprint density at radius 2 is 2.00 bits per heavy atom. The first-order valence-electron chi connectivity index (χ1n) is 5.83. The zero-order valence-corrected chi connectivity index (χ0v) is 10.9. The highest BCUT2D eigenvalue weighted by atomic mass is 16.5. The van der Waals surface area contributed by atoms with Gasteiger partial charge in [0.2, 0.25) is 0 Å². The van der Waals surface area contributed by atoms with Gasteiger partial charge in [-0.25, -0.2) is 0 Å². The number of phenolic OH excluding ortho intramolecular Hbond substituents is 1. The predicted octanol–water partition coefficient (Wildman–Crippen LogP) is 3.42. The Morgan fingerprint density at radius 1 is 1.28 bits per heavy atom. The summed E-state index contributed by atoms with van der Waals surface area (Å²) >= 11 is 0. The Hall–Kier alpha value is -2.03. The number of hydrogen-bond acceptors (Lipinski definition) is 3. The van der Waals surface area contributed by atoms with Crippen LogP contribution in [0, 0.1) is 6.92 Å². The van der Waals surface area contributed by atoms with Crippen molar-refractivity contribution in [2.24, 2.45) is 0 Å². The summed E-state index contributed by atoms with van der Waals surface area (Å²) in [6.07, 6.45) is 0.469. The Kier molecular flexibility index (Phi) is 5.18. The summed E-state index contributed by atoms with van der Waals surface area (Å²) in [6.45, 7) is 3.82. The number of fused-ring (bicyclic) bond motifs is 1. The highest BCUT2D eigenvalue weighted by Gasteiger charge is 1.96. The lowest BCUT2D eigenvalue weighted by Gasteiger charge is -2.01. The van der Waals surface area contributed by atoms with Crippen LogP contribution in [0.25, 0.3) is 10.8 Å². The largest absolute Gasteiger partial charge is 0.508 e. The Labute approximate surface area is 107 Å². The van der Waals surface area contributed by atoms with E-state index < -0.39 is 0 Å². The third-order valence-electron chi connectivity index (χ3n) is 2.60. The van der Waals surface area contributed by atoms with Crippen LogP contribution in [-0.4, -0.2) is 18.2 Å². The summed E-state index contributed by atoms with van der Waals surface area (Å²) in [5, 5.41) is 11.5. The van der Waals surface area contributed by atoms with E-state index in [2.05, 4.69) is 17.7 Å². The fraction of sp³-hybridized carbons (Fsp3) is 0.267. The second kappa shape index (κ2) is 6.64. The van der Waals surface area contributed by atoms with Crippen LogP contribution in [0.3, 0.4) is 0 Å². The van der Waals surface area contributed by atoms with Crippen LogP contribution in [0.15, 0.2) is 36.4 Å². The molecule has 0 bridgehead atoms. The van der Waals surface area contributed by atoms with Gasteiger partial charge in [-0.2, -0.15) is 0 Å². The third-order valence-corrected chi connectivity index (χ3v) is 2.60. The zero-order chi connectivity index (χ0) is 13.5. The quantitative estimate of drug-likeness (QED) is 0.784. The summed E-state index contributed by atoms with van der Waals surface area (Å²) < 4.78 is 4.26. The number of benzene rings is 2. The minimum absolute atomic E-state index is 0.157. The van der Waals surface area contributed by atoms with Crippen molar-refractivity contribution >= 4 is 16.7 Å². The molecule has 2 aromatic rings. The minimum atomic E-state index is -0.157. The summed E-state index contributed by atoms with van der Waals surface area (Å²) in [7, 11) is 1.38. The number of esters is 1. The van der Waals surface area contributed by atoms with Gasteiger partial charge in [-0.3, -0.25) is 4.79 Å². The molecule has 18 heavy (non-hydrogen) atoms. The van der Waals surface area contributed by atoms with E-state index >= 15 is 0 Å². The van der Waals surface area contributed by atoms with E-state index in [0.29, 0.717) is 12.2 Å². The van der Waals surface area contributed by atoms with E-state index in [-0.39, 0.29) is 5.97 Å². The molecule has 96 valence electrons. The fourth-order valence-electron chi connectivity index (χ4n) is 1.58. The SMILES string of the molecule is CCC(=O)OC.Cc1cccc2cc(O)ccc12. The molecule has 3 heteroatoms. The molecule has 0 fully saturated rings. The van der Waals surface area contributed by atoms with Gasteiger partial charge in [-0.15, -0.1) is 0 Å². The molecular weight excluding hydrogens is 228 g/mol. The molecule has 0 spiro atoms. The maximum absolute atomic E-state index is 9.96. The van der Waals surface area contributed by atoms with Crippen LogP contribution >= 0.6 is 0 Å². The van der Waals surface area contributed by atoms with E-state index in [4.69, 9.17) is 0 Å². The van der Waals surface area contributed by atoms with E-state index in [1.54, 1.807) is 19.1 Å². The number of rotatable bonds is 1. The molecule has 0 atom stereocenters. The van der Waals surface area contributed by atoms with Crippen molar-refractivity contribution in [1.82, 2.24) is 0 Å². The Bertz CT molecular complexity index is 526. The Morgan fingerprint density at radius 3 is 2.56 bits per heavy atom. The van der Waals surface area contributed by atoms with Crippen LogP contribution in [-0.2, 0) is 9.53 Å². The summed E-state index contributed by atoms with van der Waals surface area (Å²) in [6, 6.07) is 11.5. The molecule has 1 N–H and O–H groups in total. The maximum atomic E-state index is 9.96. The molecule has 0 radical (unpaired) electrons. The van der Waals surface area contributed by atoms with Gasteiger partial charge in [-0.05, 0) is 35.4 Å². The third kappa shape index (κ3) is 3.77. The van der Waals surface area contributed by atoms with Gasteiger partial charge in [0.05, 0.1) is 7.11 Å². The van der Waals surface area contributed by atoms with Crippen molar-refractivity contribution in [3.63, 3.8) is 0 Å². The number of aromatic hydroxyl groups is 1. The second-order valence-corrected chi connectivity index (χ2v) is 3.91.